The Balaban J connectivity index is 2.08. The van der Waals surface area contributed by atoms with Crippen molar-refractivity contribution in [2.75, 3.05) is 0 Å². The summed E-state index contributed by atoms with van der Waals surface area (Å²) < 4.78 is -0.289. The van der Waals surface area contributed by atoms with E-state index in [4.69, 9.17) is 0 Å². The summed E-state index contributed by atoms with van der Waals surface area (Å²) in [4.78, 5) is 12.1. The Bertz CT molecular complexity index is 554. The van der Waals surface area contributed by atoms with E-state index >= 15 is 0 Å². The molecule has 1 aliphatic rings. The molecule has 0 spiro atoms. The molecule has 0 aliphatic heterocycles. The van der Waals surface area contributed by atoms with Gasteiger partial charge in [-0.2, -0.15) is 5.10 Å². The summed E-state index contributed by atoms with van der Waals surface area (Å²) in [5.41, 5.74) is 5.22. The molecule has 102 valence electrons. The van der Waals surface area contributed by atoms with Crippen molar-refractivity contribution in [2.45, 2.75) is 30.4 Å². The lowest BCUT2D eigenvalue weighted by atomic mass is 10.1. The number of hydrogen-bond donors (Lipinski definition) is 1. The second kappa shape index (κ2) is 5.02. The summed E-state index contributed by atoms with van der Waals surface area (Å²) in [5, 5.41) is 4.20. The van der Waals surface area contributed by atoms with Gasteiger partial charge >= 0.3 is 0 Å². The molecule has 1 atom stereocenters. The summed E-state index contributed by atoms with van der Waals surface area (Å²) >= 11 is 6.96. The van der Waals surface area contributed by atoms with E-state index in [0.717, 1.165) is 23.3 Å². The van der Waals surface area contributed by atoms with Crippen LogP contribution in [0.25, 0.3) is 0 Å². The fourth-order valence-electron chi connectivity index (χ4n) is 1.94. The minimum atomic E-state index is -0.442. The second-order valence-corrected chi connectivity index (χ2v) is 8.94. The Kier molecular flexibility index (Phi) is 3.89. The molecule has 0 saturated heterocycles. The van der Waals surface area contributed by atoms with Crippen LogP contribution in [0.4, 0.5) is 0 Å². The molecule has 1 N–H and O–H groups in total. The summed E-state index contributed by atoms with van der Waals surface area (Å²) in [7, 11) is 0. The van der Waals surface area contributed by atoms with Gasteiger partial charge in [0, 0.05) is 5.56 Å². The maximum Gasteiger partial charge on any atom is 0.248 e. The second-order valence-electron chi connectivity index (χ2n) is 5.17. The fourth-order valence-corrected chi connectivity index (χ4v) is 3.42. The minimum absolute atomic E-state index is 0.0748. The van der Waals surface area contributed by atoms with Gasteiger partial charge in [-0.05, 0) is 32.8 Å². The molecule has 1 fully saturated rings. The molecule has 5 heteroatoms. The number of hydrogen-bond acceptors (Lipinski definition) is 2. The molecule has 1 aliphatic carbocycles. The van der Waals surface area contributed by atoms with E-state index in [0.29, 0.717) is 0 Å². The number of aryl methyl sites for hydroxylation is 1. The molecule has 0 radical (unpaired) electrons. The highest BCUT2D eigenvalue weighted by atomic mass is 79.9. The van der Waals surface area contributed by atoms with Crippen LogP contribution in [0.3, 0.4) is 0 Å². The number of hydrazone groups is 1. The molecule has 2 rings (SSSR count). The maximum atomic E-state index is 12.1. The third-order valence-corrected chi connectivity index (χ3v) is 5.93. The first-order chi connectivity index (χ1) is 8.78. The molecule has 0 aromatic heterocycles. The number of carbonyl (C=O) groups is 1. The van der Waals surface area contributed by atoms with Gasteiger partial charge in [0.25, 0.3) is 0 Å². The Labute approximate surface area is 130 Å². The van der Waals surface area contributed by atoms with Gasteiger partial charge in [-0.25, -0.2) is 5.43 Å². The minimum Gasteiger partial charge on any atom is -0.272 e. The maximum absolute atomic E-state index is 12.1. The third-order valence-electron chi connectivity index (χ3n) is 3.62. The van der Waals surface area contributed by atoms with Crippen LogP contribution in [0.15, 0.2) is 29.4 Å². The number of nitrogens with one attached hydrogen (secondary N) is 1. The SMILES string of the molecule is C/C(=N\NC(=O)C1(C)CC1(Br)Br)c1ccccc1C. The molecular weight excluding hydrogens is 372 g/mol. The molecule has 3 nitrogen and oxygen atoms in total. The quantitative estimate of drug-likeness (QED) is 0.479. The van der Waals surface area contributed by atoms with Gasteiger partial charge in [0.05, 0.1) is 14.4 Å². The molecule has 1 unspecified atom stereocenters. The zero-order chi connectivity index (χ0) is 14.3. The van der Waals surface area contributed by atoms with Crippen molar-refractivity contribution in [1.29, 1.82) is 0 Å². The zero-order valence-corrected chi connectivity index (χ0v) is 14.3. The van der Waals surface area contributed by atoms with Crippen LogP contribution in [0.2, 0.25) is 0 Å². The third kappa shape index (κ3) is 2.77. The van der Waals surface area contributed by atoms with E-state index < -0.39 is 5.41 Å². The van der Waals surface area contributed by atoms with E-state index in [1.165, 1.54) is 0 Å². The van der Waals surface area contributed by atoms with Crippen molar-refractivity contribution in [3.63, 3.8) is 0 Å². The van der Waals surface area contributed by atoms with Crippen molar-refractivity contribution in [3.8, 4) is 0 Å². The Hall–Kier alpha value is -0.680. The molecule has 1 aromatic rings. The molecular formula is C14H16Br2N2O. The number of benzene rings is 1. The van der Waals surface area contributed by atoms with Crippen LogP contribution in [0, 0.1) is 12.3 Å². The molecule has 0 bridgehead atoms. The Morgan fingerprint density at radius 1 is 1.37 bits per heavy atom. The van der Waals surface area contributed by atoms with Gasteiger partial charge in [0.1, 0.15) is 0 Å². The van der Waals surface area contributed by atoms with E-state index in [1.807, 2.05) is 45.0 Å². The van der Waals surface area contributed by atoms with Gasteiger partial charge in [-0.15, -0.1) is 0 Å². The molecule has 19 heavy (non-hydrogen) atoms. The molecule has 1 amide bonds. The van der Waals surface area contributed by atoms with Crippen LogP contribution in [-0.2, 0) is 4.79 Å². The van der Waals surface area contributed by atoms with Crippen molar-refractivity contribution < 1.29 is 4.79 Å². The molecule has 1 aromatic carbocycles. The normalized spacial score (nSPS) is 25.0. The average molecular weight is 388 g/mol. The van der Waals surface area contributed by atoms with Crippen LogP contribution in [0.1, 0.15) is 31.4 Å². The first-order valence-corrected chi connectivity index (χ1v) is 7.65. The van der Waals surface area contributed by atoms with E-state index in [9.17, 15) is 4.79 Å². The number of carbonyl (C=O) groups excluding carboxylic acids is 1. The summed E-state index contributed by atoms with van der Waals surface area (Å²) in [6.45, 7) is 5.83. The molecule has 0 heterocycles. The summed E-state index contributed by atoms with van der Waals surface area (Å²) in [6.07, 6.45) is 0.755. The number of rotatable bonds is 3. The summed E-state index contributed by atoms with van der Waals surface area (Å²) in [5.74, 6) is -0.0748. The monoisotopic (exact) mass is 386 g/mol. The predicted octanol–water partition coefficient (Wildman–Crippen LogP) is 3.73. The highest BCUT2D eigenvalue weighted by Crippen LogP contribution is 2.66. The lowest BCUT2D eigenvalue weighted by Gasteiger charge is -2.11. The van der Waals surface area contributed by atoms with E-state index in [-0.39, 0.29) is 9.14 Å². The first kappa shape index (κ1) is 14.7. The average Bonchev–Trinajstić information content (AvgIpc) is 2.87. The van der Waals surface area contributed by atoms with Crippen molar-refractivity contribution in [1.82, 2.24) is 5.43 Å². The topological polar surface area (TPSA) is 41.5 Å². The van der Waals surface area contributed by atoms with Gasteiger partial charge < -0.3 is 0 Å². The predicted molar refractivity (Wildman–Crippen MR) is 84.8 cm³/mol. The first-order valence-electron chi connectivity index (χ1n) is 6.06. The van der Waals surface area contributed by atoms with Crippen LogP contribution < -0.4 is 5.43 Å². The van der Waals surface area contributed by atoms with Crippen molar-refractivity contribution >= 4 is 43.5 Å². The van der Waals surface area contributed by atoms with E-state index in [1.54, 1.807) is 0 Å². The van der Waals surface area contributed by atoms with Crippen molar-refractivity contribution in [2.24, 2.45) is 10.5 Å². The van der Waals surface area contributed by atoms with Crippen LogP contribution >= 0.6 is 31.9 Å². The van der Waals surface area contributed by atoms with E-state index in [2.05, 4.69) is 42.4 Å². The van der Waals surface area contributed by atoms with Crippen molar-refractivity contribution in [3.05, 3.63) is 35.4 Å². The molecule has 1 saturated carbocycles. The summed E-state index contributed by atoms with van der Waals surface area (Å²) in [6, 6.07) is 7.98. The number of amides is 1. The zero-order valence-electron chi connectivity index (χ0n) is 11.1. The lowest BCUT2D eigenvalue weighted by Crippen LogP contribution is -2.30. The van der Waals surface area contributed by atoms with Gasteiger partial charge in [0.15, 0.2) is 0 Å². The van der Waals surface area contributed by atoms with Gasteiger partial charge in [-0.1, -0.05) is 56.1 Å². The van der Waals surface area contributed by atoms with Gasteiger partial charge in [-0.3, -0.25) is 4.79 Å². The highest BCUT2D eigenvalue weighted by molar-refractivity contribution is 9.25. The highest BCUT2D eigenvalue weighted by Gasteiger charge is 2.66. The van der Waals surface area contributed by atoms with Gasteiger partial charge in [0.2, 0.25) is 5.91 Å². The standard InChI is InChI=1S/C14H16Br2N2O/c1-9-6-4-5-7-11(9)10(2)17-18-12(19)13(3)8-14(13,15)16/h4-7H,8H2,1-3H3,(H,18,19)/b17-10+. The van der Waals surface area contributed by atoms with Crippen LogP contribution in [-0.4, -0.2) is 14.9 Å². The van der Waals surface area contributed by atoms with Crippen LogP contribution in [0.5, 0.6) is 0 Å². The fraction of sp³-hybridized carbons (Fsp3) is 0.429. The Morgan fingerprint density at radius 3 is 2.47 bits per heavy atom. The lowest BCUT2D eigenvalue weighted by molar-refractivity contribution is -0.125. The number of alkyl halides is 2. The number of nitrogens with zero attached hydrogens (tertiary/aromatic N) is 1. The largest absolute Gasteiger partial charge is 0.272 e. The number of halogens is 2. The smallest absolute Gasteiger partial charge is 0.248 e. The Morgan fingerprint density at radius 2 is 1.95 bits per heavy atom.